The van der Waals surface area contributed by atoms with E-state index in [1.165, 1.54) is 0 Å². The summed E-state index contributed by atoms with van der Waals surface area (Å²) in [4.78, 5) is 11.6. The van der Waals surface area contributed by atoms with Gasteiger partial charge in [0.25, 0.3) is 0 Å². The predicted molar refractivity (Wildman–Crippen MR) is 53.6 cm³/mol. The molecule has 0 aliphatic rings. The first-order valence-corrected chi connectivity index (χ1v) is 10.4. The Bertz CT molecular complexity index is 307. The van der Waals surface area contributed by atoms with Gasteiger partial charge in [-0.3, -0.25) is 0 Å². The van der Waals surface area contributed by atoms with E-state index in [0.717, 1.165) is 0 Å². The molecule has 0 saturated carbocycles. The van der Waals surface area contributed by atoms with Gasteiger partial charge in [0.2, 0.25) is 0 Å². The van der Waals surface area contributed by atoms with Crippen LogP contribution < -0.4 is 9.61 Å². The second-order valence-corrected chi connectivity index (χ2v) is 9.22. The molecule has 0 aromatic heterocycles. The average Bonchev–Trinajstić information content (AvgIpc) is 2.17. The number of carbonyl (C=O) groups excluding carboxylic acids is 1. The summed E-state index contributed by atoms with van der Waals surface area (Å²) in [5.74, 6) is -0.200. The molecule has 0 heterocycles. The summed E-state index contributed by atoms with van der Waals surface area (Å²) in [5.41, 5.74) is 6.11. The zero-order chi connectivity index (χ0) is 10.6. The first kappa shape index (κ1) is 12.1. The van der Waals surface area contributed by atoms with Crippen LogP contribution in [0.5, 0.6) is 0 Å². The van der Waals surface area contributed by atoms with E-state index in [1.54, 1.807) is 24.3 Å². The molecule has 1 aromatic rings. The summed E-state index contributed by atoms with van der Waals surface area (Å²) in [6, 6.07) is 8.78. The van der Waals surface area contributed by atoms with Gasteiger partial charge in [-0.25, -0.2) is 0 Å². The van der Waals surface area contributed by atoms with Crippen molar-refractivity contribution >= 4 is 24.6 Å². The summed E-state index contributed by atoms with van der Waals surface area (Å²) < 4.78 is 2.66. The molecule has 81 valence electrons. The molecule has 1 aromatic carbocycles. The van der Waals surface area contributed by atoms with Crippen molar-refractivity contribution in [1.29, 1.82) is 0 Å². The van der Waals surface area contributed by atoms with Crippen LogP contribution >= 0.6 is 18.8 Å². The van der Waals surface area contributed by atoms with E-state index in [-0.39, 0.29) is 5.78 Å². The van der Waals surface area contributed by atoms with Gasteiger partial charge in [0.1, 0.15) is 0 Å². The zero-order valence-corrected chi connectivity index (χ0v) is 10.8. The fourth-order valence-corrected chi connectivity index (χ4v) is 2.95. The normalized spacial score (nSPS) is 13.5. The van der Waals surface area contributed by atoms with Crippen LogP contribution in [0.3, 0.4) is 0 Å². The Labute approximate surface area is 96.3 Å². The first-order chi connectivity index (χ1) is 6.61. The minimum absolute atomic E-state index is 0.200. The van der Waals surface area contributed by atoms with E-state index >= 15 is 0 Å². The van der Waals surface area contributed by atoms with E-state index < -0.39 is 21.6 Å². The minimum atomic E-state index is -2.22. The number of hydrogen-bond donors (Lipinski definition) is 2. The van der Waals surface area contributed by atoms with Crippen LogP contribution in [0.15, 0.2) is 30.3 Å². The molecule has 0 spiro atoms. The summed E-state index contributed by atoms with van der Waals surface area (Å²) >= 11 is -2.22. The predicted octanol–water partition coefficient (Wildman–Crippen LogP) is 1.58. The Morgan fingerprint density at radius 1 is 1.36 bits per heavy atom. The molecule has 0 fully saturated rings. The summed E-state index contributed by atoms with van der Waals surface area (Å²) in [5, 5.41) is 0. The number of nitrogens with one attached hydrogen (secondary N) is 1. The molecule has 1 atom stereocenters. The Balaban J connectivity index is 2.66. The van der Waals surface area contributed by atoms with Gasteiger partial charge in [0.15, 0.2) is 0 Å². The molecule has 0 aliphatic carbocycles. The molecule has 14 heavy (non-hydrogen) atoms. The van der Waals surface area contributed by atoms with Crippen LogP contribution in [-0.4, -0.2) is 11.9 Å². The van der Waals surface area contributed by atoms with E-state index in [1.807, 2.05) is 6.07 Å². The molecule has 3 nitrogen and oxygen atoms in total. The SMILES string of the molecule is NC([NH][Pt]([Cl])[Cl])C(=O)c1ccccc1. The van der Waals surface area contributed by atoms with Crippen LogP contribution in [0, 0.1) is 0 Å². The van der Waals surface area contributed by atoms with E-state index in [4.69, 9.17) is 24.6 Å². The summed E-state index contributed by atoms with van der Waals surface area (Å²) in [6.45, 7) is 0. The fourth-order valence-electron chi connectivity index (χ4n) is 0.898. The van der Waals surface area contributed by atoms with Gasteiger partial charge in [-0.1, -0.05) is 0 Å². The van der Waals surface area contributed by atoms with E-state index in [0.29, 0.717) is 5.56 Å². The number of nitrogens with two attached hydrogens (primary N) is 1. The zero-order valence-electron chi connectivity index (χ0n) is 7.02. The number of ketones is 1. The van der Waals surface area contributed by atoms with Gasteiger partial charge in [-0.15, -0.1) is 0 Å². The maximum atomic E-state index is 11.6. The number of benzene rings is 1. The van der Waals surface area contributed by atoms with Crippen LogP contribution in [0.25, 0.3) is 0 Å². The molecule has 1 rings (SSSR count). The molecule has 1 unspecified atom stereocenters. The molecule has 6 heteroatoms. The van der Waals surface area contributed by atoms with E-state index in [9.17, 15) is 4.79 Å². The second-order valence-electron chi connectivity index (χ2n) is 2.46. The maximum absolute atomic E-state index is 11.6. The Hall–Kier alpha value is 0.0783. The average molecular weight is 415 g/mol. The third-order valence-electron chi connectivity index (χ3n) is 1.51. The van der Waals surface area contributed by atoms with Crippen molar-refractivity contribution in [3.8, 4) is 0 Å². The molecule has 0 radical (unpaired) electrons. The van der Waals surface area contributed by atoms with Crippen molar-refractivity contribution in [3.63, 3.8) is 0 Å². The topological polar surface area (TPSA) is 55.1 Å². The quantitative estimate of drug-likeness (QED) is 0.581. The number of rotatable bonds is 4. The Kier molecular flexibility index (Phi) is 5.07. The number of carbonyl (C=O) groups is 1. The second kappa shape index (κ2) is 5.84. The molecule has 0 aliphatic heterocycles. The molecular weight excluding hydrogens is 406 g/mol. The van der Waals surface area contributed by atoms with Crippen LogP contribution in [0.4, 0.5) is 0 Å². The Morgan fingerprint density at radius 3 is 2.43 bits per heavy atom. The van der Waals surface area contributed by atoms with E-state index in [2.05, 4.69) is 3.88 Å². The van der Waals surface area contributed by atoms with Gasteiger partial charge in [0, 0.05) is 0 Å². The van der Waals surface area contributed by atoms with Crippen LogP contribution in [0.2, 0.25) is 0 Å². The van der Waals surface area contributed by atoms with Crippen molar-refractivity contribution < 1.29 is 20.3 Å². The van der Waals surface area contributed by atoms with Crippen molar-refractivity contribution in [3.05, 3.63) is 35.9 Å². The van der Waals surface area contributed by atoms with Gasteiger partial charge in [-0.2, -0.15) is 0 Å². The first-order valence-electron chi connectivity index (χ1n) is 3.67. The molecular formula is C8H9Cl2N2OPt. The van der Waals surface area contributed by atoms with Gasteiger partial charge in [0.05, 0.1) is 0 Å². The van der Waals surface area contributed by atoms with Crippen LogP contribution in [-0.2, 0) is 15.5 Å². The van der Waals surface area contributed by atoms with Crippen LogP contribution in [0.1, 0.15) is 10.4 Å². The van der Waals surface area contributed by atoms with Crippen molar-refractivity contribution in [1.82, 2.24) is 3.88 Å². The van der Waals surface area contributed by atoms with Gasteiger partial charge >= 0.3 is 96.6 Å². The van der Waals surface area contributed by atoms with Crippen molar-refractivity contribution in [2.45, 2.75) is 6.17 Å². The number of Topliss-reactive ketones (excluding diaryl/α,β-unsaturated/α-hetero) is 1. The molecule has 0 bridgehead atoms. The number of hydrogen-bond acceptors (Lipinski definition) is 3. The third kappa shape index (κ3) is 3.68. The summed E-state index contributed by atoms with van der Waals surface area (Å²) in [6.07, 6.45) is -0.807. The standard InChI is InChI=1S/C8H9N2O.2ClH.Pt/c9-8(10)7(11)6-4-2-1-3-5-6;;;/h1-5,8-9H,10H2;2*1H;/q-1;;;+3/p-2. The third-order valence-corrected chi connectivity index (χ3v) is 3.84. The molecule has 3 N–H and O–H groups in total. The summed E-state index contributed by atoms with van der Waals surface area (Å²) in [7, 11) is 11.2. The van der Waals surface area contributed by atoms with Crippen molar-refractivity contribution in [2.24, 2.45) is 5.73 Å². The molecule has 0 saturated heterocycles. The number of halogens is 2. The van der Waals surface area contributed by atoms with Crippen molar-refractivity contribution in [2.75, 3.05) is 0 Å². The monoisotopic (exact) mass is 414 g/mol. The van der Waals surface area contributed by atoms with Gasteiger partial charge in [-0.05, 0) is 0 Å². The van der Waals surface area contributed by atoms with Gasteiger partial charge < -0.3 is 0 Å². The molecule has 0 amide bonds. The fraction of sp³-hybridized carbons (Fsp3) is 0.125. The Morgan fingerprint density at radius 2 is 1.93 bits per heavy atom.